The van der Waals surface area contributed by atoms with Gasteiger partial charge in [0.05, 0.1) is 12.1 Å². The van der Waals surface area contributed by atoms with E-state index in [0.29, 0.717) is 0 Å². The Balaban J connectivity index is 0.000000174. The highest BCUT2D eigenvalue weighted by Crippen LogP contribution is 2.20. The minimum atomic E-state index is -3.55. The van der Waals surface area contributed by atoms with Gasteiger partial charge in [0.15, 0.2) is 5.78 Å². The Morgan fingerprint density at radius 3 is 2.17 bits per heavy atom. The van der Waals surface area contributed by atoms with Crippen molar-refractivity contribution in [2.24, 2.45) is 5.73 Å². The molecule has 3 N–H and O–H groups in total. The number of amides is 1. The molecule has 0 aromatic heterocycles. The van der Waals surface area contributed by atoms with Gasteiger partial charge in [-0.2, -0.15) is 0 Å². The monoisotopic (exact) mass is 346 g/mol. The molecule has 0 radical (unpaired) electrons. The summed E-state index contributed by atoms with van der Waals surface area (Å²) in [6.07, 6.45) is 0. The van der Waals surface area contributed by atoms with Crippen molar-refractivity contribution in [1.82, 2.24) is 4.72 Å². The third kappa shape index (κ3) is 3.52. The predicted octanol–water partition coefficient (Wildman–Crippen LogP) is 1.56. The number of fused-ring (bicyclic) bond motifs is 1. The molecule has 0 spiro atoms. The highest BCUT2D eigenvalue weighted by atomic mass is 32.2. The summed E-state index contributed by atoms with van der Waals surface area (Å²) >= 11 is 0. The van der Waals surface area contributed by atoms with Crippen LogP contribution in [0.15, 0.2) is 47.4 Å². The van der Waals surface area contributed by atoms with Crippen LogP contribution in [-0.2, 0) is 10.0 Å². The molecule has 1 aliphatic heterocycles. The Hall–Kier alpha value is -2.51. The standard InChI is InChI=1S/C10H13NO.C7H5NO3S/c1-7-4-3-5-8(2)10(7)9(12)6-11;9-7-5-3-1-2-4-6(5)12(10,11)8-7/h3-5H,6,11H2,1-2H3;1-4H,(H,8,9). The van der Waals surface area contributed by atoms with Gasteiger partial charge in [-0.1, -0.05) is 30.3 Å². The van der Waals surface area contributed by atoms with Gasteiger partial charge in [0.2, 0.25) is 0 Å². The third-order valence-corrected chi connectivity index (χ3v) is 4.98. The van der Waals surface area contributed by atoms with E-state index >= 15 is 0 Å². The highest BCUT2D eigenvalue weighted by Gasteiger charge is 2.31. The van der Waals surface area contributed by atoms with Crippen LogP contribution in [0.3, 0.4) is 0 Å². The van der Waals surface area contributed by atoms with E-state index in [-0.39, 0.29) is 22.8 Å². The zero-order valence-electron chi connectivity index (χ0n) is 13.4. The molecule has 126 valence electrons. The number of rotatable bonds is 2. The molecule has 2 aromatic rings. The van der Waals surface area contributed by atoms with Crippen LogP contribution >= 0.6 is 0 Å². The fourth-order valence-corrected chi connectivity index (χ4v) is 3.65. The van der Waals surface area contributed by atoms with E-state index in [1.807, 2.05) is 36.8 Å². The quantitative estimate of drug-likeness (QED) is 0.803. The second-order valence-electron chi connectivity index (χ2n) is 5.32. The average Bonchev–Trinajstić information content (AvgIpc) is 2.77. The maximum Gasteiger partial charge on any atom is 0.266 e. The van der Waals surface area contributed by atoms with E-state index in [2.05, 4.69) is 0 Å². The van der Waals surface area contributed by atoms with Crippen LogP contribution in [0.4, 0.5) is 0 Å². The van der Waals surface area contributed by atoms with Crippen LogP contribution in [0.5, 0.6) is 0 Å². The molecule has 0 atom stereocenters. The highest BCUT2D eigenvalue weighted by molar-refractivity contribution is 7.90. The first-order valence-electron chi connectivity index (χ1n) is 7.23. The number of Topliss-reactive ketones (excluding diaryl/α,β-unsaturated/α-hetero) is 1. The topological polar surface area (TPSA) is 106 Å². The molecule has 7 heteroatoms. The van der Waals surface area contributed by atoms with Crippen LogP contribution in [-0.4, -0.2) is 26.7 Å². The summed E-state index contributed by atoms with van der Waals surface area (Å²) in [5.74, 6) is -0.531. The van der Waals surface area contributed by atoms with Crippen LogP contribution < -0.4 is 10.5 Å². The fraction of sp³-hybridized carbons (Fsp3) is 0.176. The third-order valence-electron chi connectivity index (χ3n) is 3.59. The molecule has 6 nitrogen and oxygen atoms in total. The summed E-state index contributed by atoms with van der Waals surface area (Å²) in [5, 5.41) is 0. The van der Waals surface area contributed by atoms with E-state index in [1.165, 1.54) is 12.1 Å². The number of carbonyl (C=O) groups excluding carboxylic acids is 2. The molecule has 0 saturated heterocycles. The zero-order chi connectivity index (χ0) is 17.9. The lowest BCUT2D eigenvalue weighted by atomic mass is 9.99. The zero-order valence-corrected chi connectivity index (χ0v) is 14.2. The minimum absolute atomic E-state index is 0.0191. The first kappa shape index (κ1) is 17.8. The molecule has 1 heterocycles. The van der Waals surface area contributed by atoms with Gasteiger partial charge in [-0.05, 0) is 37.1 Å². The second-order valence-corrected chi connectivity index (χ2v) is 6.98. The summed E-state index contributed by atoms with van der Waals surface area (Å²) in [4.78, 5) is 22.4. The number of sulfonamides is 1. The molecule has 24 heavy (non-hydrogen) atoms. The van der Waals surface area contributed by atoms with Crippen molar-refractivity contribution in [3.8, 4) is 0 Å². The lowest BCUT2D eigenvalue weighted by Gasteiger charge is -2.05. The Kier molecular flexibility index (Phi) is 5.16. The molecular weight excluding hydrogens is 328 g/mol. The van der Waals surface area contributed by atoms with Crippen LogP contribution in [0.1, 0.15) is 31.8 Å². The SMILES string of the molecule is Cc1cccc(C)c1C(=O)CN.O=C1NS(=O)(=O)c2ccccc21. The fourth-order valence-electron chi connectivity index (χ4n) is 2.48. The number of aryl methyl sites for hydroxylation is 2. The minimum Gasteiger partial charge on any atom is -0.324 e. The van der Waals surface area contributed by atoms with Crippen molar-refractivity contribution >= 4 is 21.7 Å². The van der Waals surface area contributed by atoms with Crippen LogP contribution in [0.2, 0.25) is 0 Å². The molecule has 2 aromatic carbocycles. The molecule has 0 saturated carbocycles. The number of benzene rings is 2. The summed E-state index contributed by atoms with van der Waals surface area (Å²) in [6.45, 7) is 3.94. The molecule has 0 bridgehead atoms. The van der Waals surface area contributed by atoms with Gasteiger partial charge in [-0.25, -0.2) is 13.1 Å². The van der Waals surface area contributed by atoms with E-state index in [4.69, 9.17) is 5.73 Å². The summed E-state index contributed by atoms with van der Waals surface area (Å²) in [5.41, 5.74) is 8.30. The molecule has 0 unspecified atom stereocenters. The normalized spacial score (nSPS) is 14.2. The van der Waals surface area contributed by atoms with Crippen molar-refractivity contribution in [1.29, 1.82) is 0 Å². The molecule has 1 aliphatic rings. The van der Waals surface area contributed by atoms with Crippen LogP contribution in [0, 0.1) is 13.8 Å². The van der Waals surface area contributed by atoms with E-state index < -0.39 is 15.9 Å². The molecular formula is C17H18N2O4S. The number of carbonyl (C=O) groups is 2. The maximum absolute atomic E-state index is 11.3. The average molecular weight is 346 g/mol. The summed E-state index contributed by atoms with van der Waals surface area (Å²) < 4.78 is 24.2. The van der Waals surface area contributed by atoms with Gasteiger partial charge in [0.25, 0.3) is 15.9 Å². The van der Waals surface area contributed by atoms with Crippen molar-refractivity contribution in [2.75, 3.05) is 6.54 Å². The number of hydrogen-bond acceptors (Lipinski definition) is 5. The van der Waals surface area contributed by atoms with E-state index in [1.54, 1.807) is 12.1 Å². The molecule has 0 fully saturated rings. The Morgan fingerprint density at radius 2 is 1.62 bits per heavy atom. The van der Waals surface area contributed by atoms with Gasteiger partial charge in [0.1, 0.15) is 4.90 Å². The summed E-state index contributed by atoms with van der Waals surface area (Å²) in [6, 6.07) is 11.9. The van der Waals surface area contributed by atoms with Gasteiger partial charge in [-0.3, -0.25) is 9.59 Å². The molecule has 0 aliphatic carbocycles. The lowest BCUT2D eigenvalue weighted by molar-refractivity contribution is 0.0981. The van der Waals surface area contributed by atoms with Gasteiger partial charge in [0, 0.05) is 5.56 Å². The summed E-state index contributed by atoms with van der Waals surface area (Å²) in [7, 11) is -3.55. The van der Waals surface area contributed by atoms with Gasteiger partial charge >= 0.3 is 0 Å². The largest absolute Gasteiger partial charge is 0.324 e. The second kappa shape index (κ2) is 6.94. The number of ketones is 1. The lowest BCUT2D eigenvalue weighted by Crippen LogP contribution is -2.20. The first-order chi connectivity index (χ1) is 11.3. The Labute approximate surface area is 140 Å². The van der Waals surface area contributed by atoms with E-state index in [0.717, 1.165) is 16.7 Å². The number of hydrogen-bond donors (Lipinski definition) is 2. The Bertz CT molecular complexity index is 884. The Morgan fingerprint density at radius 1 is 1.04 bits per heavy atom. The van der Waals surface area contributed by atoms with E-state index in [9.17, 15) is 18.0 Å². The number of nitrogens with two attached hydrogens (primary N) is 1. The molecule has 1 amide bonds. The maximum atomic E-state index is 11.3. The van der Waals surface area contributed by atoms with Crippen molar-refractivity contribution < 1.29 is 18.0 Å². The molecule has 3 rings (SSSR count). The first-order valence-corrected chi connectivity index (χ1v) is 8.72. The smallest absolute Gasteiger partial charge is 0.266 e. The van der Waals surface area contributed by atoms with Crippen molar-refractivity contribution in [3.05, 3.63) is 64.7 Å². The van der Waals surface area contributed by atoms with Gasteiger partial charge < -0.3 is 5.73 Å². The van der Waals surface area contributed by atoms with Crippen molar-refractivity contribution in [2.45, 2.75) is 18.7 Å². The van der Waals surface area contributed by atoms with Gasteiger partial charge in [-0.15, -0.1) is 0 Å². The van der Waals surface area contributed by atoms with Crippen LogP contribution in [0.25, 0.3) is 0 Å². The number of nitrogens with one attached hydrogen (secondary N) is 1. The van der Waals surface area contributed by atoms with Crippen molar-refractivity contribution in [3.63, 3.8) is 0 Å². The predicted molar refractivity (Wildman–Crippen MR) is 90.4 cm³/mol.